The van der Waals surface area contributed by atoms with E-state index in [1.807, 2.05) is 0 Å². The predicted octanol–water partition coefficient (Wildman–Crippen LogP) is 2.05. The van der Waals surface area contributed by atoms with E-state index in [1.165, 1.54) is 11.8 Å². The highest BCUT2D eigenvalue weighted by atomic mass is 15.0. The van der Waals surface area contributed by atoms with Crippen LogP contribution in [-0.2, 0) is 0 Å². The van der Waals surface area contributed by atoms with Gasteiger partial charge in [0.15, 0.2) is 0 Å². The van der Waals surface area contributed by atoms with Crippen LogP contribution in [0.15, 0.2) is 0 Å². The highest BCUT2D eigenvalue weighted by molar-refractivity contribution is 5.44. The van der Waals surface area contributed by atoms with Gasteiger partial charge in [-0.25, -0.2) is 0 Å². The lowest BCUT2D eigenvalue weighted by Crippen LogP contribution is -1.82. The fraction of sp³-hybridized carbons (Fsp3) is 1.00. The molecule has 0 nitrogen and oxygen atoms in total. The van der Waals surface area contributed by atoms with Crippen LogP contribution < -0.4 is 0 Å². The summed E-state index contributed by atoms with van der Waals surface area (Å²) in [6.07, 6.45) is 4.89. The van der Waals surface area contributed by atoms with Gasteiger partial charge in [0.1, 0.15) is 0 Å². The van der Waals surface area contributed by atoms with E-state index in [-0.39, 0.29) is 0 Å². The normalized spacial score (nSPS) is 87.0. The second-order valence-electron chi connectivity index (χ2n) is 4.84. The lowest BCUT2D eigenvalue weighted by molar-refractivity contribution is 0.588. The molecular formula is C9H12. The second-order valence-corrected chi connectivity index (χ2v) is 4.84. The van der Waals surface area contributed by atoms with Gasteiger partial charge in [-0.05, 0) is 47.8 Å². The Labute approximate surface area is 55.6 Å². The van der Waals surface area contributed by atoms with Crippen LogP contribution in [0.5, 0.6) is 0 Å². The molecule has 0 bridgehead atoms. The smallest absolute Gasteiger partial charge is 0.0173 e. The van der Waals surface area contributed by atoms with Gasteiger partial charge in [-0.3, -0.25) is 0 Å². The molecular weight excluding hydrogens is 108 g/mol. The van der Waals surface area contributed by atoms with E-state index in [0.29, 0.717) is 0 Å². The first kappa shape index (κ1) is 4.00. The molecule has 48 valence electrons. The van der Waals surface area contributed by atoms with E-state index in [4.69, 9.17) is 0 Å². The summed E-state index contributed by atoms with van der Waals surface area (Å²) in [5.41, 5.74) is 2.00. The number of hydrogen-bond acceptors (Lipinski definition) is 0. The molecule has 0 heterocycles. The second kappa shape index (κ2) is 0.681. The zero-order valence-corrected chi connectivity index (χ0v) is 5.85. The first-order valence-corrected chi connectivity index (χ1v) is 4.32. The van der Waals surface area contributed by atoms with Crippen LogP contribution in [0.4, 0.5) is 0 Å². The van der Waals surface area contributed by atoms with Crippen LogP contribution in [0.25, 0.3) is 0 Å². The lowest BCUT2D eigenvalue weighted by Gasteiger charge is -1.90. The molecule has 0 aliphatic heterocycles. The minimum absolute atomic E-state index is 0.998. The molecule has 4 aliphatic rings. The van der Waals surface area contributed by atoms with E-state index in [1.54, 1.807) is 19.3 Å². The Kier molecular flexibility index (Phi) is 0.302. The van der Waals surface area contributed by atoms with Gasteiger partial charge in [-0.15, -0.1) is 0 Å². The first-order chi connectivity index (χ1) is 4.32. The van der Waals surface area contributed by atoms with E-state index in [0.717, 1.165) is 16.7 Å². The summed E-state index contributed by atoms with van der Waals surface area (Å²) >= 11 is 0. The third kappa shape index (κ3) is 0.171. The monoisotopic (exact) mass is 120 g/mol. The van der Waals surface area contributed by atoms with Crippen LogP contribution in [0.1, 0.15) is 26.2 Å². The van der Waals surface area contributed by atoms with Crippen molar-refractivity contribution in [3.63, 3.8) is 0 Å². The maximum absolute atomic E-state index is 2.50. The Morgan fingerprint density at radius 2 is 1.67 bits per heavy atom. The Morgan fingerprint density at radius 1 is 1.11 bits per heavy atom. The van der Waals surface area contributed by atoms with Crippen molar-refractivity contribution in [3.8, 4) is 0 Å². The van der Waals surface area contributed by atoms with E-state index in [9.17, 15) is 0 Å². The molecule has 4 atom stereocenters. The molecule has 0 amide bonds. The Bertz CT molecular complexity index is 198. The zero-order chi connectivity index (χ0) is 5.85. The molecule has 0 radical (unpaired) electrons. The summed E-state index contributed by atoms with van der Waals surface area (Å²) in [5, 5.41) is 0. The maximum atomic E-state index is 2.50. The molecule has 4 saturated carbocycles. The molecule has 4 rings (SSSR count). The van der Waals surface area contributed by atoms with Crippen LogP contribution in [0.3, 0.4) is 0 Å². The quantitative estimate of drug-likeness (QED) is 0.459. The predicted molar refractivity (Wildman–Crippen MR) is 34.9 cm³/mol. The van der Waals surface area contributed by atoms with Crippen LogP contribution >= 0.6 is 0 Å². The zero-order valence-electron chi connectivity index (χ0n) is 5.85. The maximum Gasteiger partial charge on any atom is -0.0173 e. The van der Waals surface area contributed by atoms with Crippen molar-refractivity contribution in [2.24, 2.45) is 28.6 Å². The summed E-state index contributed by atoms with van der Waals surface area (Å²) in [6, 6.07) is 0. The fourth-order valence-corrected chi connectivity index (χ4v) is 4.71. The SMILES string of the molecule is CC1C23CC2CC2CC213. The highest BCUT2D eigenvalue weighted by Gasteiger charge is 2.96. The van der Waals surface area contributed by atoms with Gasteiger partial charge >= 0.3 is 0 Å². The van der Waals surface area contributed by atoms with Crippen LogP contribution in [0.2, 0.25) is 0 Å². The van der Waals surface area contributed by atoms with Gasteiger partial charge in [0.05, 0.1) is 0 Å². The molecule has 0 heteroatoms. The van der Waals surface area contributed by atoms with Crippen molar-refractivity contribution >= 4 is 0 Å². The van der Waals surface area contributed by atoms with Crippen molar-refractivity contribution in [2.45, 2.75) is 26.2 Å². The minimum Gasteiger partial charge on any atom is -0.0614 e. The molecule has 4 fully saturated rings. The number of rotatable bonds is 0. The molecule has 0 aromatic heterocycles. The van der Waals surface area contributed by atoms with Gasteiger partial charge in [-0.1, -0.05) is 6.92 Å². The average molecular weight is 120 g/mol. The van der Waals surface area contributed by atoms with Gasteiger partial charge < -0.3 is 0 Å². The largest absolute Gasteiger partial charge is 0.0614 e. The molecule has 0 aromatic carbocycles. The van der Waals surface area contributed by atoms with Gasteiger partial charge in [0.25, 0.3) is 0 Å². The Hall–Kier alpha value is 0. The summed E-state index contributed by atoms with van der Waals surface area (Å²) in [7, 11) is 0. The molecule has 4 aliphatic carbocycles. The highest BCUT2D eigenvalue weighted by Crippen LogP contribution is 3.02. The van der Waals surface area contributed by atoms with E-state index < -0.39 is 0 Å². The lowest BCUT2D eigenvalue weighted by atomic mass is 10.1. The molecule has 0 N–H and O–H groups in total. The molecule has 9 heavy (non-hydrogen) atoms. The van der Waals surface area contributed by atoms with Crippen molar-refractivity contribution in [1.82, 2.24) is 0 Å². The topological polar surface area (TPSA) is 0 Å². The molecule has 0 saturated heterocycles. The number of hydrogen-bond donors (Lipinski definition) is 0. The first-order valence-electron chi connectivity index (χ1n) is 4.32. The summed E-state index contributed by atoms with van der Waals surface area (Å²) < 4.78 is 0. The molecule has 2 spiro atoms. The molecule has 4 unspecified atom stereocenters. The molecule has 0 aromatic rings. The minimum atomic E-state index is 0.998. The third-order valence-electron chi connectivity index (χ3n) is 5.20. The van der Waals surface area contributed by atoms with E-state index >= 15 is 0 Å². The van der Waals surface area contributed by atoms with Crippen molar-refractivity contribution in [1.29, 1.82) is 0 Å². The van der Waals surface area contributed by atoms with Crippen molar-refractivity contribution < 1.29 is 0 Å². The van der Waals surface area contributed by atoms with Crippen LogP contribution in [-0.4, -0.2) is 0 Å². The Morgan fingerprint density at radius 3 is 2.00 bits per heavy atom. The van der Waals surface area contributed by atoms with Crippen molar-refractivity contribution in [3.05, 3.63) is 0 Å². The fourth-order valence-electron chi connectivity index (χ4n) is 4.71. The average Bonchev–Trinajstić information content (AvgIpc) is 2.67. The van der Waals surface area contributed by atoms with Crippen LogP contribution in [0, 0.1) is 28.6 Å². The van der Waals surface area contributed by atoms with Gasteiger partial charge in [0.2, 0.25) is 0 Å². The van der Waals surface area contributed by atoms with E-state index in [2.05, 4.69) is 6.92 Å². The summed E-state index contributed by atoms with van der Waals surface area (Å²) in [4.78, 5) is 0. The van der Waals surface area contributed by atoms with Gasteiger partial charge in [0, 0.05) is 0 Å². The Balaban J connectivity index is 2.01. The van der Waals surface area contributed by atoms with Gasteiger partial charge in [-0.2, -0.15) is 0 Å². The third-order valence-corrected chi connectivity index (χ3v) is 5.20. The standard InChI is InChI=1S/C9H12/c1-5-8-3-6(8)2-7-4-9(5,7)8/h5-7H,2-4H2,1H3. The summed E-state index contributed by atoms with van der Waals surface area (Å²) in [6.45, 7) is 2.50. The van der Waals surface area contributed by atoms with Crippen molar-refractivity contribution in [2.75, 3.05) is 0 Å². The summed E-state index contributed by atoms with van der Waals surface area (Å²) in [5.74, 6) is 3.62.